The highest BCUT2D eigenvalue weighted by Crippen LogP contribution is 2.29. The van der Waals surface area contributed by atoms with Crippen molar-refractivity contribution in [3.63, 3.8) is 0 Å². The summed E-state index contributed by atoms with van der Waals surface area (Å²) in [6.45, 7) is 2.64. The summed E-state index contributed by atoms with van der Waals surface area (Å²) in [7, 11) is 0. The number of benzene rings is 1. The molecule has 0 heterocycles. The molecule has 0 aromatic heterocycles. The average molecular weight is 330 g/mol. The van der Waals surface area contributed by atoms with Gasteiger partial charge in [0.1, 0.15) is 6.61 Å². The van der Waals surface area contributed by atoms with Crippen molar-refractivity contribution in [2.24, 2.45) is 5.92 Å². The van der Waals surface area contributed by atoms with Gasteiger partial charge in [0.25, 0.3) is 0 Å². The summed E-state index contributed by atoms with van der Waals surface area (Å²) >= 11 is 0. The van der Waals surface area contributed by atoms with Crippen LogP contribution in [0.5, 0.6) is 0 Å². The van der Waals surface area contributed by atoms with Crippen LogP contribution in [0, 0.1) is 5.92 Å². The Morgan fingerprint density at radius 3 is 2.42 bits per heavy atom. The van der Waals surface area contributed by atoms with Crippen LogP contribution in [-0.4, -0.2) is 24.2 Å². The smallest absolute Gasteiger partial charge is 0.407 e. The number of nitrogens with one attached hydrogen (secondary N) is 2. The van der Waals surface area contributed by atoms with E-state index in [2.05, 4.69) is 17.6 Å². The van der Waals surface area contributed by atoms with Crippen LogP contribution in [0.2, 0.25) is 0 Å². The van der Waals surface area contributed by atoms with Crippen molar-refractivity contribution in [2.45, 2.75) is 76.6 Å². The minimum atomic E-state index is -0.300. The van der Waals surface area contributed by atoms with Crippen molar-refractivity contribution in [3.05, 3.63) is 35.9 Å². The average Bonchev–Trinajstić information content (AvgIpc) is 2.59. The molecule has 2 saturated carbocycles. The van der Waals surface area contributed by atoms with E-state index in [1.807, 2.05) is 30.3 Å². The third-order valence-corrected chi connectivity index (χ3v) is 5.57. The summed E-state index contributed by atoms with van der Waals surface area (Å²) in [4.78, 5) is 11.8. The van der Waals surface area contributed by atoms with Crippen molar-refractivity contribution >= 4 is 6.09 Å². The van der Waals surface area contributed by atoms with Crippen molar-refractivity contribution in [3.8, 4) is 0 Å². The lowest BCUT2D eigenvalue weighted by atomic mass is 9.81. The van der Waals surface area contributed by atoms with Gasteiger partial charge in [0.15, 0.2) is 0 Å². The van der Waals surface area contributed by atoms with Gasteiger partial charge in [-0.15, -0.1) is 0 Å². The highest BCUT2D eigenvalue weighted by molar-refractivity contribution is 5.67. The van der Waals surface area contributed by atoms with Crippen LogP contribution in [0.3, 0.4) is 0 Å². The number of amides is 1. The van der Waals surface area contributed by atoms with E-state index >= 15 is 0 Å². The third kappa shape index (κ3) is 4.97. The molecule has 0 spiro atoms. The molecule has 1 aromatic carbocycles. The molecular formula is C20H30N2O2. The van der Waals surface area contributed by atoms with E-state index in [0.717, 1.165) is 24.3 Å². The van der Waals surface area contributed by atoms with Crippen LogP contribution in [0.25, 0.3) is 0 Å². The number of ether oxygens (including phenoxy) is 1. The molecule has 2 N–H and O–H groups in total. The van der Waals surface area contributed by atoms with Crippen molar-refractivity contribution in [2.75, 3.05) is 0 Å². The van der Waals surface area contributed by atoms with Crippen LogP contribution in [0.1, 0.15) is 57.4 Å². The molecule has 1 amide bonds. The number of alkyl carbamates (subject to hydrolysis) is 1. The molecule has 0 bridgehead atoms. The Balaban J connectivity index is 1.27. The number of hydrogen-bond acceptors (Lipinski definition) is 3. The Labute approximate surface area is 145 Å². The van der Waals surface area contributed by atoms with E-state index in [1.54, 1.807) is 0 Å². The SMILES string of the molecule is CCC1CCC(NC2CC(NC(=O)OCc3ccccc3)C2)CC1. The first-order valence-electron chi connectivity index (χ1n) is 9.46. The second-order valence-electron chi connectivity index (χ2n) is 7.36. The quantitative estimate of drug-likeness (QED) is 0.829. The zero-order valence-corrected chi connectivity index (χ0v) is 14.7. The molecule has 0 unspecified atom stereocenters. The maximum absolute atomic E-state index is 11.8. The minimum Gasteiger partial charge on any atom is -0.445 e. The first-order chi connectivity index (χ1) is 11.7. The molecule has 3 rings (SSSR count). The second-order valence-corrected chi connectivity index (χ2v) is 7.36. The number of rotatable bonds is 6. The predicted octanol–water partition coefficient (Wildman–Crippen LogP) is 4.00. The summed E-state index contributed by atoms with van der Waals surface area (Å²) in [6.07, 6.45) is 8.43. The van der Waals surface area contributed by atoms with Crippen LogP contribution in [-0.2, 0) is 11.3 Å². The largest absolute Gasteiger partial charge is 0.445 e. The molecule has 0 radical (unpaired) electrons. The Morgan fingerprint density at radius 2 is 1.75 bits per heavy atom. The first-order valence-corrected chi connectivity index (χ1v) is 9.46. The Bertz CT molecular complexity index is 506. The molecular weight excluding hydrogens is 300 g/mol. The number of carbonyl (C=O) groups is 1. The van der Waals surface area contributed by atoms with E-state index in [0.29, 0.717) is 18.7 Å². The van der Waals surface area contributed by atoms with Gasteiger partial charge in [0, 0.05) is 18.1 Å². The van der Waals surface area contributed by atoms with Gasteiger partial charge >= 0.3 is 6.09 Å². The fourth-order valence-corrected chi connectivity index (χ4v) is 3.87. The molecule has 2 aliphatic carbocycles. The van der Waals surface area contributed by atoms with E-state index in [-0.39, 0.29) is 12.1 Å². The van der Waals surface area contributed by atoms with Gasteiger partial charge in [0.05, 0.1) is 0 Å². The van der Waals surface area contributed by atoms with Crippen molar-refractivity contribution < 1.29 is 9.53 Å². The fourth-order valence-electron chi connectivity index (χ4n) is 3.87. The van der Waals surface area contributed by atoms with Crippen LogP contribution in [0.4, 0.5) is 4.79 Å². The van der Waals surface area contributed by atoms with E-state index in [1.165, 1.54) is 32.1 Å². The van der Waals surface area contributed by atoms with Gasteiger partial charge in [-0.3, -0.25) is 0 Å². The van der Waals surface area contributed by atoms with Gasteiger partial charge in [-0.05, 0) is 50.0 Å². The minimum absolute atomic E-state index is 0.262. The van der Waals surface area contributed by atoms with E-state index in [4.69, 9.17) is 4.74 Å². The lowest BCUT2D eigenvalue weighted by Crippen LogP contribution is -2.55. The van der Waals surface area contributed by atoms with Gasteiger partial charge in [0.2, 0.25) is 0 Å². The molecule has 0 aliphatic heterocycles. The van der Waals surface area contributed by atoms with Gasteiger partial charge in [-0.1, -0.05) is 43.7 Å². The highest BCUT2D eigenvalue weighted by atomic mass is 16.5. The Kier molecular flexibility index (Phi) is 6.13. The van der Waals surface area contributed by atoms with E-state index < -0.39 is 0 Å². The molecule has 2 aliphatic rings. The van der Waals surface area contributed by atoms with Crippen LogP contribution >= 0.6 is 0 Å². The van der Waals surface area contributed by atoms with Gasteiger partial charge in [-0.25, -0.2) is 4.79 Å². The lowest BCUT2D eigenvalue weighted by molar-refractivity contribution is 0.122. The zero-order valence-electron chi connectivity index (χ0n) is 14.7. The molecule has 0 atom stereocenters. The first kappa shape index (κ1) is 17.3. The van der Waals surface area contributed by atoms with Crippen molar-refractivity contribution in [1.29, 1.82) is 0 Å². The second kappa shape index (κ2) is 8.52. The maximum atomic E-state index is 11.8. The molecule has 4 heteroatoms. The summed E-state index contributed by atoms with van der Waals surface area (Å²) in [5, 5.41) is 6.74. The molecule has 1 aromatic rings. The van der Waals surface area contributed by atoms with Gasteiger partial charge < -0.3 is 15.4 Å². The Hall–Kier alpha value is -1.55. The molecule has 2 fully saturated rings. The lowest BCUT2D eigenvalue weighted by Gasteiger charge is -2.40. The normalized spacial score (nSPS) is 29.5. The molecule has 4 nitrogen and oxygen atoms in total. The van der Waals surface area contributed by atoms with Crippen molar-refractivity contribution in [1.82, 2.24) is 10.6 Å². The molecule has 132 valence electrons. The third-order valence-electron chi connectivity index (χ3n) is 5.57. The fraction of sp³-hybridized carbons (Fsp3) is 0.650. The van der Waals surface area contributed by atoms with Crippen LogP contribution in [0.15, 0.2) is 30.3 Å². The standard InChI is InChI=1S/C20H30N2O2/c1-2-15-8-10-17(11-9-15)21-18-12-19(13-18)22-20(23)24-14-16-6-4-3-5-7-16/h3-7,15,17-19,21H,2,8-14H2,1H3,(H,22,23). The summed E-state index contributed by atoms with van der Waals surface area (Å²) in [6, 6.07) is 11.3. The highest BCUT2D eigenvalue weighted by Gasteiger charge is 2.32. The summed E-state index contributed by atoms with van der Waals surface area (Å²) < 4.78 is 5.27. The van der Waals surface area contributed by atoms with Gasteiger partial charge in [-0.2, -0.15) is 0 Å². The monoisotopic (exact) mass is 330 g/mol. The number of carbonyl (C=O) groups excluding carboxylic acids is 1. The predicted molar refractivity (Wildman–Crippen MR) is 95.7 cm³/mol. The summed E-state index contributed by atoms with van der Waals surface area (Å²) in [5.74, 6) is 0.943. The Morgan fingerprint density at radius 1 is 1.04 bits per heavy atom. The van der Waals surface area contributed by atoms with E-state index in [9.17, 15) is 4.79 Å². The molecule has 24 heavy (non-hydrogen) atoms. The summed E-state index contributed by atoms with van der Waals surface area (Å²) in [5.41, 5.74) is 1.02. The maximum Gasteiger partial charge on any atom is 0.407 e. The number of hydrogen-bond donors (Lipinski definition) is 2. The molecule has 0 saturated heterocycles. The van der Waals surface area contributed by atoms with Crippen LogP contribution < -0.4 is 10.6 Å². The zero-order chi connectivity index (χ0) is 16.8. The topological polar surface area (TPSA) is 50.4 Å².